The first-order valence-electron chi connectivity index (χ1n) is 20.9. The van der Waals surface area contributed by atoms with Gasteiger partial charge in [0.1, 0.15) is 5.75 Å². The van der Waals surface area contributed by atoms with Crippen LogP contribution in [0.4, 0.5) is 28.4 Å². The number of aromatic hydroxyl groups is 1. The number of carbonyl (C=O) groups excluding carboxylic acids is 4. The standard InChI is InChI=1S/C51H44N6O5/c1-30-13-16-35(17-14-30)54-57-48(60)43-29-42-39(45(51(43,50(57)62)32-10-5-4-6-11-32)41-26-15-31-9-7-8-12-38(31)46(41)58)27-28-40-44(42)49(61)56(47(40)59)37-24-20-34(21-25-37)53-52-33-18-22-36(23-19-33)55(2)3/h4-27,40,42-45,54,58H,28-29H2,1-3H3/t40-,42+,43-,44-,45+,51+/m0/s1. The molecule has 1 saturated carbocycles. The Morgan fingerprint density at radius 1 is 0.710 bits per heavy atom. The van der Waals surface area contributed by atoms with Crippen molar-refractivity contribution in [2.45, 2.75) is 31.1 Å². The lowest BCUT2D eigenvalue weighted by molar-refractivity contribution is -0.138. The van der Waals surface area contributed by atoms with E-state index in [2.05, 4.69) is 15.7 Å². The lowest BCUT2D eigenvalue weighted by Crippen LogP contribution is -2.53. The zero-order valence-corrected chi connectivity index (χ0v) is 34.5. The summed E-state index contributed by atoms with van der Waals surface area (Å²) in [5.41, 5.74) is 7.83. The maximum atomic E-state index is 15.5. The summed E-state index contributed by atoms with van der Waals surface area (Å²) in [5.74, 6) is -5.41. The predicted octanol–water partition coefficient (Wildman–Crippen LogP) is 9.52. The van der Waals surface area contributed by atoms with Crippen LogP contribution in [-0.2, 0) is 24.6 Å². The van der Waals surface area contributed by atoms with E-state index in [4.69, 9.17) is 0 Å². The van der Waals surface area contributed by atoms with Crippen molar-refractivity contribution in [1.29, 1.82) is 0 Å². The summed E-state index contributed by atoms with van der Waals surface area (Å²) in [7, 11) is 3.94. The molecule has 4 aliphatic rings. The number of nitrogens with one attached hydrogen (secondary N) is 1. The number of aryl methyl sites for hydroxylation is 1. The second kappa shape index (κ2) is 14.9. The van der Waals surface area contributed by atoms with E-state index in [9.17, 15) is 14.7 Å². The van der Waals surface area contributed by atoms with Gasteiger partial charge in [-0.2, -0.15) is 15.2 Å². The monoisotopic (exact) mass is 820 g/mol. The summed E-state index contributed by atoms with van der Waals surface area (Å²) in [6.07, 6.45) is 2.40. The quantitative estimate of drug-likeness (QED) is 0.0888. The summed E-state index contributed by atoms with van der Waals surface area (Å²) in [4.78, 5) is 63.2. The molecule has 2 aliphatic heterocycles. The van der Waals surface area contributed by atoms with Crippen molar-refractivity contribution in [3.63, 3.8) is 0 Å². The fourth-order valence-corrected chi connectivity index (χ4v) is 10.5. The molecular formula is C51H44N6O5. The lowest BCUT2D eigenvalue weighted by atomic mass is 9.49. The molecule has 0 spiro atoms. The van der Waals surface area contributed by atoms with Crippen LogP contribution in [0.2, 0.25) is 0 Å². The molecule has 2 saturated heterocycles. The van der Waals surface area contributed by atoms with Crippen molar-refractivity contribution in [2.24, 2.45) is 33.9 Å². The molecule has 10 rings (SSSR count). The molecule has 2 heterocycles. The number of allylic oxidation sites excluding steroid dienone is 2. The number of nitrogens with zero attached hydrogens (tertiary/aromatic N) is 5. The van der Waals surface area contributed by atoms with Crippen LogP contribution in [0.25, 0.3) is 10.8 Å². The Morgan fingerprint density at radius 2 is 1.37 bits per heavy atom. The Labute approximate surface area is 359 Å². The van der Waals surface area contributed by atoms with Gasteiger partial charge < -0.3 is 10.0 Å². The fourth-order valence-electron chi connectivity index (χ4n) is 10.5. The third-order valence-electron chi connectivity index (χ3n) is 13.4. The van der Waals surface area contributed by atoms with Gasteiger partial charge in [0.25, 0.3) is 11.8 Å². The Bertz CT molecular complexity index is 2840. The van der Waals surface area contributed by atoms with Gasteiger partial charge in [-0.15, -0.1) is 0 Å². The van der Waals surface area contributed by atoms with E-state index in [1.807, 2.05) is 147 Å². The lowest BCUT2D eigenvalue weighted by Gasteiger charge is -2.50. The third kappa shape index (κ3) is 6.01. The van der Waals surface area contributed by atoms with Crippen molar-refractivity contribution >= 4 is 62.8 Å². The van der Waals surface area contributed by atoms with E-state index in [0.29, 0.717) is 39.3 Å². The minimum atomic E-state index is -1.50. The van der Waals surface area contributed by atoms with Crippen LogP contribution in [0.5, 0.6) is 5.75 Å². The smallest absolute Gasteiger partial charge is 0.260 e. The number of hydrogen-bond acceptors (Lipinski definition) is 9. The van der Waals surface area contributed by atoms with E-state index < -0.39 is 46.8 Å². The molecule has 2 N–H and O–H groups in total. The molecule has 6 aromatic carbocycles. The number of hydrazine groups is 1. The van der Waals surface area contributed by atoms with Gasteiger partial charge in [0, 0.05) is 36.7 Å². The van der Waals surface area contributed by atoms with Crippen molar-refractivity contribution in [1.82, 2.24) is 5.01 Å². The van der Waals surface area contributed by atoms with Crippen LogP contribution in [0.1, 0.15) is 35.4 Å². The highest BCUT2D eigenvalue weighted by molar-refractivity contribution is 6.22. The van der Waals surface area contributed by atoms with E-state index in [1.54, 1.807) is 24.3 Å². The van der Waals surface area contributed by atoms with Crippen molar-refractivity contribution in [3.8, 4) is 5.75 Å². The number of phenolic OH excluding ortho intramolecular Hbond substituents is 1. The average Bonchev–Trinajstić information content (AvgIpc) is 3.67. The van der Waals surface area contributed by atoms with Crippen LogP contribution in [0.15, 0.2) is 161 Å². The number of carbonyl (C=O) groups is 4. The number of fused-ring (bicyclic) bond motifs is 5. The molecule has 11 heteroatoms. The van der Waals surface area contributed by atoms with E-state index in [0.717, 1.165) is 27.2 Å². The molecule has 62 heavy (non-hydrogen) atoms. The summed E-state index contributed by atoms with van der Waals surface area (Å²) >= 11 is 0. The van der Waals surface area contributed by atoms with Crippen LogP contribution >= 0.6 is 0 Å². The number of imide groups is 2. The highest BCUT2D eigenvalue weighted by Crippen LogP contribution is 2.65. The van der Waals surface area contributed by atoms with E-state index in [1.165, 1.54) is 4.90 Å². The van der Waals surface area contributed by atoms with Gasteiger partial charge in [-0.1, -0.05) is 96.1 Å². The van der Waals surface area contributed by atoms with Gasteiger partial charge in [-0.3, -0.25) is 29.5 Å². The van der Waals surface area contributed by atoms with E-state index >= 15 is 9.59 Å². The second-order valence-corrected chi connectivity index (χ2v) is 17.0. The van der Waals surface area contributed by atoms with E-state index in [-0.39, 0.29) is 30.4 Å². The SMILES string of the molecule is Cc1ccc(NN2C(=O)[C@@H]3C[C@@H]4C(=CC[C@@H]5C(=O)N(c6ccc(N=Nc7ccc(N(C)C)cc7)cc6)C(=O)[C@@H]54)[C@H](c4ccc5ccccc5c4O)[C@]3(c3ccccc3)C2=O)cc1. The Kier molecular flexibility index (Phi) is 9.35. The van der Waals surface area contributed by atoms with Gasteiger partial charge in [0.2, 0.25) is 11.8 Å². The minimum Gasteiger partial charge on any atom is -0.507 e. The van der Waals surface area contributed by atoms with Gasteiger partial charge in [0.15, 0.2) is 0 Å². The summed E-state index contributed by atoms with van der Waals surface area (Å²) < 4.78 is 0. The molecule has 6 aromatic rings. The van der Waals surface area contributed by atoms with Crippen molar-refractivity contribution in [2.75, 3.05) is 29.3 Å². The van der Waals surface area contributed by atoms with Gasteiger partial charge in [-0.05, 0) is 97.3 Å². The normalized spacial score (nSPS) is 24.3. The van der Waals surface area contributed by atoms with Crippen LogP contribution in [-0.4, -0.2) is 47.8 Å². The molecule has 0 unspecified atom stereocenters. The average molecular weight is 821 g/mol. The Hall–Kier alpha value is -7.40. The van der Waals surface area contributed by atoms with Crippen molar-refractivity contribution < 1.29 is 24.3 Å². The largest absolute Gasteiger partial charge is 0.507 e. The molecule has 3 fully saturated rings. The molecule has 6 atom stereocenters. The van der Waals surface area contributed by atoms with Crippen molar-refractivity contribution in [3.05, 3.63) is 168 Å². The summed E-state index contributed by atoms with van der Waals surface area (Å²) in [6, 6.07) is 42.6. The van der Waals surface area contributed by atoms with Crippen LogP contribution < -0.4 is 15.2 Å². The number of azo groups is 1. The summed E-state index contributed by atoms with van der Waals surface area (Å²) in [6.45, 7) is 1.96. The minimum absolute atomic E-state index is 0.00860. The molecule has 0 aromatic heterocycles. The first-order valence-corrected chi connectivity index (χ1v) is 20.9. The first-order chi connectivity index (χ1) is 30.1. The fraction of sp³-hybridized carbons (Fsp3) is 0.216. The van der Waals surface area contributed by atoms with Gasteiger partial charge >= 0.3 is 0 Å². The zero-order valence-electron chi connectivity index (χ0n) is 34.5. The number of rotatable bonds is 8. The molecule has 4 amide bonds. The third-order valence-corrected chi connectivity index (χ3v) is 13.4. The first kappa shape index (κ1) is 38.8. The number of phenols is 1. The second-order valence-electron chi connectivity index (χ2n) is 17.0. The molecule has 11 nitrogen and oxygen atoms in total. The highest BCUT2D eigenvalue weighted by atomic mass is 16.3. The number of hydrogen-bond donors (Lipinski definition) is 2. The van der Waals surface area contributed by atoms with Gasteiger partial charge in [-0.25, -0.2) is 0 Å². The van der Waals surface area contributed by atoms with Crippen LogP contribution in [0.3, 0.4) is 0 Å². The molecular weight excluding hydrogens is 777 g/mol. The highest BCUT2D eigenvalue weighted by Gasteiger charge is 2.70. The number of amides is 4. The molecule has 308 valence electrons. The topological polar surface area (TPSA) is 135 Å². The molecule has 2 aliphatic carbocycles. The Balaban J connectivity index is 1.06. The maximum Gasteiger partial charge on any atom is 0.260 e. The van der Waals surface area contributed by atoms with Gasteiger partial charge in [0.05, 0.1) is 45.9 Å². The number of anilines is 3. The maximum absolute atomic E-state index is 15.5. The predicted molar refractivity (Wildman–Crippen MR) is 238 cm³/mol. The molecule has 0 radical (unpaired) electrons. The number of benzene rings is 6. The Morgan fingerprint density at radius 3 is 2.06 bits per heavy atom. The summed E-state index contributed by atoms with van der Waals surface area (Å²) in [5, 5.41) is 23.6. The van der Waals surface area contributed by atoms with Crippen LogP contribution in [0, 0.1) is 30.6 Å². The molecule has 0 bridgehead atoms. The zero-order chi connectivity index (χ0) is 42.9.